The molecule has 0 heterocycles. The van der Waals surface area contributed by atoms with Crippen molar-refractivity contribution in [2.75, 3.05) is 23.8 Å². The Hall–Kier alpha value is -3.02. The minimum atomic E-state index is -0.115. The highest BCUT2D eigenvalue weighted by atomic mass is 16.5. The Balaban J connectivity index is 1.66. The van der Waals surface area contributed by atoms with Gasteiger partial charge in [0.05, 0.1) is 13.2 Å². The van der Waals surface area contributed by atoms with Crippen LogP contribution in [-0.4, -0.2) is 25.0 Å². The molecule has 0 spiro atoms. The fraction of sp³-hybridized carbons (Fsp3) is 0.440. The first kappa shape index (κ1) is 24.3. The molecule has 0 aromatic heterocycles. The predicted molar refractivity (Wildman–Crippen MR) is 125 cm³/mol. The predicted octanol–water partition coefficient (Wildman–Crippen LogP) is 5.50. The lowest BCUT2D eigenvalue weighted by Gasteiger charge is -2.10. The largest absolute Gasteiger partial charge is 0.493 e. The smallest absolute Gasteiger partial charge is 0.224 e. The van der Waals surface area contributed by atoms with Gasteiger partial charge in [0.2, 0.25) is 11.8 Å². The molecule has 0 saturated heterocycles. The van der Waals surface area contributed by atoms with Crippen molar-refractivity contribution in [1.29, 1.82) is 0 Å². The summed E-state index contributed by atoms with van der Waals surface area (Å²) in [4.78, 5) is 24.2. The van der Waals surface area contributed by atoms with Crippen LogP contribution in [-0.2, 0) is 9.59 Å². The average molecular weight is 427 g/mol. The lowest BCUT2D eigenvalue weighted by Crippen LogP contribution is -2.15. The van der Waals surface area contributed by atoms with Gasteiger partial charge in [0.15, 0.2) is 0 Å². The molecule has 0 radical (unpaired) electrons. The van der Waals surface area contributed by atoms with Gasteiger partial charge < -0.3 is 20.1 Å². The first-order chi connectivity index (χ1) is 14.8. The molecule has 0 bridgehead atoms. The first-order valence-electron chi connectivity index (χ1n) is 10.9. The van der Waals surface area contributed by atoms with Crippen molar-refractivity contribution < 1.29 is 19.1 Å². The second-order valence-corrected chi connectivity index (χ2v) is 8.41. The Morgan fingerprint density at radius 3 is 1.35 bits per heavy atom. The molecule has 0 fully saturated rings. The summed E-state index contributed by atoms with van der Waals surface area (Å²) < 4.78 is 11.3. The van der Waals surface area contributed by atoms with E-state index in [1.807, 2.05) is 48.5 Å². The third kappa shape index (κ3) is 10.0. The van der Waals surface area contributed by atoms with Gasteiger partial charge in [0.1, 0.15) is 11.5 Å². The van der Waals surface area contributed by atoms with Crippen LogP contribution in [0.5, 0.6) is 11.5 Å². The number of carbonyl (C=O) groups is 2. The molecule has 0 aliphatic carbocycles. The van der Waals surface area contributed by atoms with Crippen LogP contribution in [0.4, 0.5) is 11.4 Å². The normalized spacial score (nSPS) is 10.8. The van der Waals surface area contributed by atoms with Crippen molar-refractivity contribution in [3.63, 3.8) is 0 Å². The number of hydrogen-bond donors (Lipinski definition) is 2. The van der Waals surface area contributed by atoms with E-state index in [1.54, 1.807) is 0 Å². The van der Waals surface area contributed by atoms with Gasteiger partial charge in [-0.05, 0) is 66.8 Å². The number of carbonyl (C=O) groups excluding carboxylic acids is 2. The Bertz CT molecular complexity index is 745. The lowest BCUT2D eigenvalue weighted by molar-refractivity contribution is -0.117. The number of hydrogen-bond acceptors (Lipinski definition) is 4. The number of rotatable bonds is 12. The van der Waals surface area contributed by atoms with Gasteiger partial charge in [-0.1, -0.05) is 27.7 Å². The number of benzene rings is 2. The Morgan fingerprint density at radius 2 is 1.03 bits per heavy atom. The van der Waals surface area contributed by atoms with E-state index >= 15 is 0 Å². The summed E-state index contributed by atoms with van der Waals surface area (Å²) in [6.07, 6.45) is 1.03. The molecule has 2 aromatic carbocycles. The zero-order valence-electron chi connectivity index (χ0n) is 18.9. The van der Waals surface area contributed by atoms with Crippen LogP contribution < -0.4 is 20.1 Å². The summed E-state index contributed by atoms with van der Waals surface area (Å²) in [5.74, 6) is 2.25. The van der Waals surface area contributed by atoms with Gasteiger partial charge in [-0.2, -0.15) is 0 Å². The van der Waals surface area contributed by atoms with E-state index < -0.39 is 0 Å². The van der Waals surface area contributed by atoms with Crippen LogP contribution in [0.3, 0.4) is 0 Å². The van der Waals surface area contributed by atoms with Crippen LogP contribution in [0.1, 0.15) is 47.0 Å². The summed E-state index contributed by atoms with van der Waals surface area (Å²) in [7, 11) is 0. The van der Waals surface area contributed by atoms with Crippen LogP contribution in [0.2, 0.25) is 0 Å². The topological polar surface area (TPSA) is 76.7 Å². The fourth-order valence-corrected chi connectivity index (χ4v) is 2.65. The highest BCUT2D eigenvalue weighted by Gasteiger charge is 2.07. The van der Waals surface area contributed by atoms with Gasteiger partial charge in [-0.25, -0.2) is 0 Å². The zero-order valence-corrected chi connectivity index (χ0v) is 18.9. The molecular formula is C25H34N2O4. The summed E-state index contributed by atoms with van der Waals surface area (Å²) >= 11 is 0. The monoisotopic (exact) mass is 426 g/mol. The van der Waals surface area contributed by atoms with Crippen LogP contribution >= 0.6 is 0 Å². The van der Waals surface area contributed by atoms with Gasteiger partial charge in [0, 0.05) is 24.2 Å². The van der Waals surface area contributed by atoms with Crippen molar-refractivity contribution in [1.82, 2.24) is 0 Å². The maximum atomic E-state index is 12.1. The third-order valence-corrected chi connectivity index (χ3v) is 4.25. The molecule has 168 valence electrons. The van der Waals surface area contributed by atoms with Gasteiger partial charge in [-0.3, -0.25) is 9.59 Å². The summed E-state index contributed by atoms with van der Waals surface area (Å²) in [5, 5.41) is 5.69. The van der Waals surface area contributed by atoms with Gasteiger partial charge >= 0.3 is 0 Å². The second-order valence-electron chi connectivity index (χ2n) is 8.41. The standard InChI is InChI=1S/C25H34N2O4/c1-18(2)16-30-22-12-8-20(9-13-22)26-24(28)6-5-7-25(29)27-21-10-14-23(15-11-21)31-17-19(3)4/h8-15,18-19H,5-7,16-17H2,1-4H3,(H,26,28)(H,27,29). The Labute approximate surface area is 185 Å². The van der Waals surface area contributed by atoms with Gasteiger partial charge in [-0.15, -0.1) is 0 Å². The van der Waals surface area contributed by atoms with Gasteiger partial charge in [0.25, 0.3) is 0 Å². The van der Waals surface area contributed by atoms with E-state index in [2.05, 4.69) is 38.3 Å². The van der Waals surface area contributed by atoms with Crippen LogP contribution in [0.15, 0.2) is 48.5 Å². The van der Waals surface area contributed by atoms with E-state index in [-0.39, 0.29) is 24.7 Å². The number of ether oxygens (including phenoxy) is 2. The number of amides is 2. The summed E-state index contributed by atoms with van der Waals surface area (Å²) in [5.41, 5.74) is 1.43. The molecule has 0 aliphatic heterocycles. The summed E-state index contributed by atoms with van der Waals surface area (Å²) in [6.45, 7) is 9.68. The quantitative estimate of drug-likeness (QED) is 0.470. The van der Waals surface area contributed by atoms with Crippen molar-refractivity contribution in [3.05, 3.63) is 48.5 Å². The molecular weight excluding hydrogens is 392 g/mol. The van der Waals surface area contributed by atoms with E-state index in [9.17, 15) is 9.59 Å². The molecule has 6 heteroatoms. The molecule has 6 nitrogen and oxygen atoms in total. The maximum absolute atomic E-state index is 12.1. The van der Waals surface area contributed by atoms with Crippen molar-refractivity contribution in [2.24, 2.45) is 11.8 Å². The molecule has 0 atom stereocenters. The summed E-state index contributed by atoms with van der Waals surface area (Å²) in [6, 6.07) is 14.6. The highest BCUT2D eigenvalue weighted by molar-refractivity contribution is 5.93. The fourth-order valence-electron chi connectivity index (χ4n) is 2.65. The van der Waals surface area contributed by atoms with E-state index in [4.69, 9.17) is 9.47 Å². The Kier molecular flexibility index (Phi) is 9.88. The first-order valence-corrected chi connectivity index (χ1v) is 10.9. The SMILES string of the molecule is CC(C)COc1ccc(NC(=O)CCCC(=O)Nc2ccc(OCC(C)C)cc2)cc1. The number of anilines is 2. The molecule has 2 N–H and O–H groups in total. The molecule has 0 saturated carbocycles. The average Bonchev–Trinajstić information content (AvgIpc) is 2.72. The second kappa shape index (κ2) is 12.6. The zero-order chi connectivity index (χ0) is 22.6. The van der Waals surface area contributed by atoms with Crippen molar-refractivity contribution >= 4 is 23.2 Å². The highest BCUT2D eigenvalue weighted by Crippen LogP contribution is 2.18. The van der Waals surface area contributed by atoms with Crippen LogP contribution in [0, 0.1) is 11.8 Å². The Morgan fingerprint density at radius 1 is 0.677 bits per heavy atom. The van der Waals surface area contributed by atoms with Crippen molar-refractivity contribution in [3.8, 4) is 11.5 Å². The maximum Gasteiger partial charge on any atom is 0.224 e. The third-order valence-electron chi connectivity index (χ3n) is 4.25. The lowest BCUT2D eigenvalue weighted by atomic mass is 10.2. The number of nitrogens with one attached hydrogen (secondary N) is 2. The van der Waals surface area contributed by atoms with E-state index in [0.29, 0.717) is 42.8 Å². The van der Waals surface area contributed by atoms with E-state index in [1.165, 1.54) is 0 Å². The molecule has 31 heavy (non-hydrogen) atoms. The van der Waals surface area contributed by atoms with Crippen molar-refractivity contribution in [2.45, 2.75) is 47.0 Å². The minimum absolute atomic E-state index is 0.115. The minimum Gasteiger partial charge on any atom is -0.493 e. The molecule has 2 rings (SSSR count). The van der Waals surface area contributed by atoms with E-state index in [0.717, 1.165) is 11.5 Å². The molecule has 0 unspecified atom stereocenters. The molecule has 0 aliphatic rings. The molecule has 2 amide bonds. The van der Waals surface area contributed by atoms with Crippen LogP contribution in [0.25, 0.3) is 0 Å². The molecule has 2 aromatic rings.